The van der Waals surface area contributed by atoms with Crippen LogP contribution in [-0.2, 0) is 0 Å². The van der Waals surface area contributed by atoms with E-state index in [0.29, 0.717) is 5.56 Å². The van der Waals surface area contributed by atoms with Gasteiger partial charge in [0.2, 0.25) is 5.82 Å². The van der Waals surface area contributed by atoms with Gasteiger partial charge >= 0.3 is 0 Å². The van der Waals surface area contributed by atoms with Gasteiger partial charge in [-0.3, -0.25) is 4.79 Å². The van der Waals surface area contributed by atoms with Crippen molar-refractivity contribution in [2.75, 3.05) is 0 Å². The molecule has 1 amide bonds. The number of amides is 1. The molecular formula is C15H9F5N2O2. The van der Waals surface area contributed by atoms with Gasteiger partial charge in [0.15, 0.2) is 23.3 Å². The smallest absolute Gasteiger partial charge is 0.275 e. The van der Waals surface area contributed by atoms with Crippen molar-refractivity contribution >= 4 is 12.1 Å². The van der Waals surface area contributed by atoms with E-state index in [4.69, 9.17) is 0 Å². The van der Waals surface area contributed by atoms with Crippen LogP contribution < -0.4 is 5.43 Å². The average molecular weight is 344 g/mol. The molecule has 0 radical (unpaired) electrons. The van der Waals surface area contributed by atoms with Crippen molar-refractivity contribution in [1.82, 2.24) is 5.43 Å². The van der Waals surface area contributed by atoms with Crippen LogP contribution in [0.1, 0.15) is 21.5 Å². The maximum atomic E-state index is 13.4. The quantitative estimate of drug-likeness (QED) is 0.295. The molecule has 0 saturated carbocycles. The van der Waals surface area contributed by atoms with Gasteiger partial charge in [0.25, 0.3) is 5.91 Å². The van der Waals surface area contributed by atoms with Crippen molar-refractivity contribution in [3.63, 3.8) is 0 Å². The highest BCUT2D eigenvalue weighted by Crippen LogP contribution is 2.22. The lowest BCUT2D eigenvalue weighted by Gasteiger charge is -2.06. The molecule has 0 aliphatic rings. The summed E-state index contributed by atoms with van der Waals surface area (Å²) >= 11 is 0. The molecule has 2 rings (SSSR count). The van der Waals surface area contributed by atoms with Gasteiger partial charge in [-0.15, -0.1) is 0 Å². The molecule has 0 unspecified atom stereocenters. The molecular weight excluding hydrogens is 335 g/mol. The largest absolute Gasteiger partial charge is 0.507 e. The number of phenols is 1. The second-order valence-electron chi connectivity index (χ2n) is 4.65. The standard InChI is InChI=1S/C15H9F5N2O2/c1-6-3-2-4-7(14(6)23)15(24)22-21-5-8-9(16)11(18)13(20)12(19)10(8)17/h2-5,23H,1H3,(H,22,24)/b21-5-. The molecule has 2 aromatic rings. The molecule has 2 N–H and O–H groups in total. The van der Waals surface area contributed by atoms with Crippen molar-refractivity contribution in [2.45, 2.75) is 6.92 Å². The number of nitrogens with zero attached hydrogens (tertiary/aromatic N) is 1. The Labute approximate surface area is 132 Å². The van der Waals surface area contributed by atoms with Crippen molar-refractivity contribution in [3.8, 4) is 5.75 Å². The Kier molecular flexibility index (Phi) is 4.82. The number of aryl methyl sites for hydroxylation is 1. The van der Waals surface area contributed by atoms with Crippen LogP contribution in [-0.4, -0.2) is 17.2 Å². The number of aromatic hydroxyl groups is 1. The second-order valence-corrected chi connectivity index (χ2v) is 4.65. The van der Waals surface area contributed by atoms with Crippen molar-refractivity contribution in [2.24, 2.45) is 5.10 Å². The van der Waals surface area contributed by atoms with E-state index in [0.717, 1.165) is 0 Å². The van der Waals surface area contributed by atoms with Gasteiger partial charge in [-0.1, -0.05) is 12.1 Å². The molecule has 0 aliphatic heterocycles. The summed E-state index contributed by atoms with van der Waals surface area (Å²) in [5, 5.41) is 12.9. The fraction of sp³-hybridized carbons (Fsp3) is 0.0667. The zero-order valence-corrected chi connectivity index (χ0v) is 12.0. The minimum atomic E-state index is -2.30. The topological polar surface area (TPSA) is 61.7 Å². The molecule has 0 saturated heterocycles. The van der Waals surface area contributed by atoms with E-state index in [1.165, 1.54) is 25.1 Å². The first-order chi connectivity index (χ1) is 11.3. The van der Waals surface area contributed by atoms with Gasteiger partial charge in [0.05, 0.1) is 17.3 Å². The highest BCUT2D eigenvalue weighted by atomic mass is 19.2. The number of hydrogen-bond acceptors (Lipinski definition) is 3. The number of carbonyl (C=O) groups excluding carboxylic acids is 1. The first-order valence-corrected chi connectivity index (χ1v) is 6.39. The summed E-state index contributed by atoms with van der Waals surface area (Å²) in [6, 6.07) is 4.26. The van der Waals surface area contributed by atoms with Crippen LogP contribution >= 0.6 is 0 Å². The highest BCUT2D eigenvalue weighted by molar-refractivity contribution is 5.97. The Morgan fingerprint density at radius 2 is 1.58 bits per heavy atom. The second kappa shape index (κ2) is 6.65. The first-order valence-electron chi connectivity index (χ1n) is 6.39. The molecule has 0 aromatic heterocycles. The molecule has 0 bridgehead atoms. The van der Waals surface area contributed by atoms with Gasteiger partial charge < -0.3 is 5.11 Å². The third-order valence-electron chi connectivity index (χ3n) is 3.09. The highest BCUT2D eigenvalue weighted by Gasteiger charge is 2.24. The van der Waals surface area contributed by atoms with Crippen molar-refractivity contribution < 1.29 is 31.9 Å². The summed E-state index contributed by atoms with van der Waals surface area (Å²) in [5.41, 5.74) is 0.735. The number of rotatable bonds is 3. The van der Waals surface area contributed by atoms with Crippen LogP contribution in [0.15, 0.2) is 23.3 Å². The van der Waals surface area contributed by atoms with Crippen LogP contribution in [0.25, 0.3) is 0 Å². The zero-order valence-electron chi connectivity index (χ0n) is 12.0. The monoisotopic (exact) mass is 344 g/mol. The molecule has 0 aliphatic carbocycles. The van der Waals surface area contributed by atoms with Crippen LogP contribution in [0, 0.1) is 36.0 Å². The fourth-order valence-electron chi connectivity index (χ4n) is 1.79. The predicted molar refractivity (Wildman–Crippen MR) is 74.1 cm³/mol. The Hall–Kier alpha value is -2.97. The number of phenolic OH excluding ortho intramolecular Hbond substituents is 1. The van der Waals surface area contributed by atoms with E-state index >= 15 is 0 Å². The lowest BCUT2D eigenvalue weighted by Crippen LogP contribution is -2.18. The lowest BCUT2D eigenvalue weighted by atomic mass is 10.1. The molecule has 24 heavy (non-hydrogen) atoms. The Morgan fingerprint density at radius 3 is 2.17 bits per heavy atom. The molecule has 2 aromatic carbocycles. The van der Waals surface area contributed by atoms with Crippen LogP contribution in [0.3, 0.4) is 0 Å². The molecule has 0 atom stereocenters. The number of nitrogens with one attached hydrogen (secondary N) is 1. The average Bonchev–Trinajstić information content (AvgIpc) is 2.56. The molecule has 0 heterocycles. The van der Waals surface area contributed by atoms with E-state index in [-0.39, 0.29) is 17.5 Å². The minimum Gasteiger partial charge on any atom is -0.507 e. The summed E-state index contributed by atoms with van der Waals surface area (Å²) in [7, 11) is 0. The van der Waals surface area contributed by atoms with Gasteiger partial charge in [-0.25, -0.2) is 27.4 Å². The zero-order chi connectivity index (χ0) is 18.0. The third-order valence-corrected chi connectivity index (χ3v) is 3.09. The van der Waals surface area contributed by atoms with Gasteiger partial charge in [-0.2, -0.15) is 5.10 Å². The van der Waals surface area contributed by atoms with E-state index < -0.39 is 40.6 Å². The van der Waals surface area contributed by atoms with Crippen LogP contribution in [0.5, 0.6) is 5.75 Å². The van der Waals surface area contributed by atoms with Gasteiger partial charge in [-0.05, 0) is 18.6 Å². The Bertz CT molecular complexity index is 823. The van der Waals surface area contributed by atoms with Crippen molar-refractivity contribution in [1.29, 1.82) is 0 Å². The molecule has 9 heteroatoms. The van der Waals surface area contributed by atoms with Gasteiger partial charge in [0.1, 0.15) is 5.75 Å². The number of benzene rings is 2. The number of halogens is 5. The SMILES string of the molecule is Cc1cccc(C(=O)N/N=C\c2c(F)c(F)c(F)c(F)c2F)c1O. The summed E-state index contributed by atoms with van der Waals surface area (Å²) in [6.45, 7) is 1.53. The third kappa shape index (κ3) is 3.05. The summed E-state index contributed by atoms with van der Waals surface area (Å²) in [6.07, 6.45) is 0.279. The van der Waals surface area contributed by atoms with E-state index in [2.05, 4.69) is 5.10 Å². The number of para-hydroxylation sites is 1. The van der Waals surface area contributed by atoms with Crippen LogP contribution in [0.2, 0.25) is 0 Å². The predicted octanol–water partition coefficient (Wildman–Crippen LogP) is 3.16. The molecule has 0 fully saturated rings. The molecule has 0 spiro atoms. The van der Waals surface area contributed by atoms with E-state index in [1.54, 1.807) is 0 Å². The Morgan fingerprint density at radius 1 is 1.04 bits per heavy atom. The Balaban J connectivity index is 2.27. The summed E-state index contributed by atoms with van der Waals surface area (Å²) < 4.78 is 65.7. The maximum absolute atomic E-state index is 13.4. The maximum Gasteiger partial charge on any atom is 0.275 e. The normalized spacial score (nSPS) is 11.1. The number of hydrazone groups is 1. The fourth-order valence-corrected chi connectivity index (χ4v) is 1.79. The van der Waals surface area contributed by atoms with Crippen LogP contribution in [0.4, 0.5) is 22.0 Å². The number of hydrogen-bond donors (Lipinski definition) is 2. The summed E-state index contributed by atoms with van der Waals surface area (Å²) in [5.74, 6) is -12.0. The minimum absolute atomic E-state index is 0.176. The number of carbonyl (C=O) groups is 1. The van der Waals surface area contributed by atoms with E-state index in [9.17, 15) is 31.9 Å². The summed E-state index contributed by atoms with van der Waals surface area (Å²) in [4.78, 5) is 11.8. The van der Waals surface area contributed by atoms with Crippen molar-refractivity contribution in [3.05, 3.63) is 64.0 Å². The molecule has 4 nitrogen and oxygen atoms in total. The van der Waals surface area contributed by atoms with E-state index in [1.807, 2.05) is 5.43 Å². The first kappa shape index (κ1) is 17.4. The van der Waals surface area contributed by atoms with Gasteiger partial charge in [0, 0.05) is 0 Å². The molecule has 126 valence electrons. The lowest BCUT2D eigenvalue weighted by molar-refractivity contribution is 0.0952.